The Morgan fingerprint density at radius 2 is 1.86 bits per heavy atom. The number of benzene rings is 2. The molecular formula is C14H13N3O3S. The van der Waals surface area contributed by atoms with Crippen LogP contribution in [0.3, 0.4) is 0 Å². The van der Waals surface area contributed by atoms with Crippen LogP contribution in [0.4, 0.5) is 5.69 Å². The van der Waals surface area contributed by atoms with E-state index in [0.717, 1.165) is 11.1 Å². The molecular weight excluding hydrogens is 290 g/mol. The lowest BCUT2D eigenvalue weighted by Crippen LogP contribution is -2.13. The van der Waals surface area contributed by atoms with Gasteiger partial charge in [0.25, 0.3) is 10.0 Å². The lowest BCUT2D eigenvalue weighted by atomic mass is 10.1. The fourth-order valence-corrected chi connectivity index (χ4v) is 3.21. The van der Waals surface area contributed by atoms with Crippen LogP contribution >= 0.6 is 0 Å². The summed E-state index contributed by atoms with van der Waals surface area (Å²) in [4.78, 5) is 0.0412. The van der Waals surface area contributed by atoms with Crippen molar-refractivity contribution in [1.82, 2.24) is 10.3 Å². The average molecular weight is 303 g/mol. The molecule has 0 aliphatic heterocycles. The van der Waals surface area contributed by atoms with Crippen LogP contribution in [0.1, 0.15) is 11.1 Å². The van der Waals surface area contributed by atoms with E-state index in [1.807, 2.05) is 19.9 Å². The largest absolute Gasteiger partial charge is 0.280 e. The molecule has 2 aromatic carbocycles. The second-order valence-corrected chi connectivity index (χ2v) is 6.44. The van der Waals surface area contributed by atoms with Gasteiger partial charge in [0.15, 0.2) is 5.52 Å². The molecule has 7 heteroatoms. The van der Waals surface area contributed by atoms with E-state index in [2.05, 4.69) is 19.7 Å². The number of fused-ring (bicyclic) bond motifs is 1. The Hall–Kier alpha value is -2.41. The Morgan fingerprint density at radius 1 is 1.05 bits per heavy atom. The molecule has 0 aliphatic rings. The van der Waals surface area contributed by atoms with Crippen molar-refractivity contribution in [3.63, 3.8) is 0 Å². The summed E-state index contributed by atoms with van der Waals surface area (Å²) in [5, 5.41) is 7.30. The van der Waals surface area contributed by atoms with E-state index in [9.17, 15) is 8.42 Å². The molecule has 0 spiro atoms. The maximum Gasteiger partial charge on any atom is 0.264 e. The standard InChI is InChI=1S/C14H13N3O3S/c1-9-6-7-11(8-10(9)2)17-21(18,19)13-5-3-4-12-14(13)16-20-15-12/h3-8,17H,1-2H3. The first kappa shape index (κ1) is 13.6. The van der Waals surface area contributed by atoms with Gasteiger partial charge in [-0.05, 0) is 59.6 Å². The Morgan fingerprint density at radius 3 is 2.62 bits per heavy atom. The van der Waals surface area contributed by atoms with Crippen molar-refractivity contribution in [2.24, 2.45) is 0 Å². The quantitative estimate of drug-likeness (QED) is 0.804. The molecule has 0 saturated heterocycles. The average Bonchev–Trinajstić information content (AvgIpc) is 2.90. The molecule has 0 aliphatic carbocycles. The second-order valence-electron chi connectivity index (χ2n) is 4.79. The lowest BCUT2D eigenvalue weighted by Gasteiger charge is -2.09. The highest BCUT2D eigenvalue weighted by Crippen LogP contribution is 2.23. The number of hydrogen-bond acceptors (Lipinski definition) is 5. The van der Waals surface area contributed by atoms with Gasteiger partial charge in [0.1, 0.15) is 10.4 Å². The molecule has 0 bridgehead atoms. The summed E-state index contributed by atoms with van der Waals surface area (Å²) in [7, 11) is -3.75. The molecule has 0 saturated carbocycles. The van der Waals surface area contributed by atoms with Gasteiger partial charge < -0.3 is 0 Å². The van der Waals surface area contributed by atoms with Crippen LogP contribution in [0.5, 0.6) is 0 Å². The van der Waals surface area contributed by atoms with E-state index in [0.29, 0.717) is 11.2 Å². The van der Waals surface area contributed by atoms with E-state index >= 15 is 0 Å². The number of aromatic nitrogens is 2. The zero-order valence-electron chi connectivity index (χ0n) is 11.5. The number of anilines is 1. The summed E-state index contributed by atoms with van der Waals surface area (Å²) in [5.74, 6) is 0. The minimum absolute atomic E-state index is 0.0412. The van der Waals surface area contributed by atoms with Crippen LogP contribution in [0, 0.1) is 13.8 Å². The van der Waals surface area contributed by atoms with Crippen molar-refractivity contribution >= 4 is 26.7 Å². The van der Waals surface area contributed by atoms with Crippen LogP contribution in [-0.2, 0) is 10.0 Å². The second kappa shape index (κ2) is 4.85. The van der Waals surface area contributed by atoms with Gasteiger partial charge >= 0.3 is 0 Å². The third-order valence-electron chi connectivity index (χ3n) is 3.30. The van der Waals surface area contributed by atoms with E-state index in [-0.39, 0.29) is 10.4 Å². The fraction of sp³-hybridized carbons (Fsp3) is 0.143. The van der Waals surface area contributed by atoms with Crippen LogP contribution in [0.2, 0.25) is 0 Å². The highest BCUT2D eigenvalue weighted by molar-refractivity contribution is 7.93. The Labute approximate surface area is 121 Å². The van der Waals surface area contributed by atoms with Gasteiger partial charge in [-0.3, -0.25) is 4.72 Å². The van der Waals surface area contributed by atoms with Crippen LogP contribution in [0.25, 0.3) is 11.0 Å². The van der Waals surface area contributed by atoms with Crippen molar-refractivity contribution in [3.8, 4) is 0 Å². The maximum absolute atomic E-state index is 12.5. The fourth-order valence-electron chi connectivity index (χ4n) is 2.01. The molecule has 0 fully saturated rings. The summed E-state index contributed by atoms with van der Waals surface area (Å²) < 4.78 is 32.1. The SMILES string of the molecule is Cc1ccc(NS(=O)(=O)c2cccc3nonc23)cc1C. The third-order valence-corrected chi connectivity index (χ3v) is 4.71. The topological polar surface area (TPSA) is 85.1 Å². The number of sulfonamides is 1. The zero-order chi connectivity index (χ0) is 15.0. The first-order chi connectivity index (χ1) is 9.97. The van der Waals surface area contributed by atoms with E-state index in [4.69, 9.17) is 0 Å². The highest BCUT2D eigenvalue weighted by atomic mass is 32.2. The molecule has 6 nitrogen and oxygen atoms in total. The molecule has 0 atom stereocenters. The molecule has 21 heavy (non-hydrogen) atoms. The summed E-state index contributed by atoms with van der Waals surface area (Å²) in [6.45, 7) is 3.89. The number of nitrogens with zero attached hydrogens (tertiary/aromatic N) is 2. The first-order valence-electron chi connectivity index (χ1n) is 6.29. The third kappa shape index (κ3) is 2.47. The summed E-state index contributed by atoms with van der Waals surface area (Å²) in [6, 6.07) is 10.1. The highest BCUT2D eigenvalue weighted by Gasteiger charge is 2.20. The van der Waals surface area contributed by atoms with Gasteiger partial charge in [-0.2, -0.15) is 0 Å². The molecule has 1 heterocycles. The monoisotopic (exact) mass is 303 g/mol. The van der Waals surface area contributed by atoms with Crippen molar-refractivity contribution in [3.05, 3.63) is 47.5 Å². The van der Waals surface area contributed by atoms with Gasteiger partial charge in [-0.15, -0.1) is 0 Å². The van der Waals surface area contributed by atoms with Crippen molar-refractivity contribution in [1.29, 1.82) is 0 Å². The molecule has 1 aromatic heterocycles. The minimum atomic E-state index is -3.75. The molecule has 1 N–H and O–H groups in total. The van der Waals surface area contributed by atoms with Crippen molar-refractivity contribution in [2.75, 3.05) is 4.72 Å². The molecule has 0 radical (unpaired) electrons. The van der Waals surface area contributed by atoms with Crippen LogP contribution < -0.4 is 4.72 Å². The summed E-state index contributed by atoms with van der Waals surface area (Å²) in [5.41, 5.74) is 3.23. The predicted molar refractivity (Wildman–Crippen MR) is 78.5 cm³/mol. The summed E-state index contributed by atoms with van der Waals surface area (Å²) >= 11 is 0. The lowest BCUT2D eigenvalue weighted by molar-refractivity contribution is 0.315. The molecule has 0 unspecified atom stereocenters. The van der Waals surface area contributed by atoms with Crippen molar-refractivity contribution in [2.45, 2.75) is 18.7 Å². The summed E-state index contributed by atoms with van der Waals surface area (Å²) in [6.07, 6.45) is 0. The van der Waals surface area contributed by atoms with Gasteiger partial charge in [0.05, 0.1) is 0 Å². The van der Waals surface area contributed by atoms with E-state index in [1.54, 1.807) is 24.3 Å². The molecule has 0 amide bonds. The van der Waals surface area contributed by atoms with Crippen molar-refractivity contribution < 1.29 is 13.0 Å². The number of aryl methyl sites for hydroxylation is 2. The zero-order valence-corrected chi connectivity index (χ0v) is 12.3. The molecule has 3 aromatic rings. The minimum Gasteiger partial charge on any atom is -0.280 e. The van der Waals surface area contributed by atoms with Gasteiger partial charge in [0, 0.05) is 5.69 Å². The maximum atomic E-state index is 12.5. The Balaban J connectivity index is 2.04. The van der Waals surface area contributed by atoms with Gasteiger partial charge in [-0.25, -0.2) is 13.0 Å². The molecule has 3 rings (SSSR count). The smallest absolute Gasteiger partial charge is 0.264 e. The molecule has 108 valence electrons. The van der Waals surface area contributed by atoms with Crippen LogP contribution in [-0.4, -0.2) is 18.7 Å². The van der Waals surface area contributed by atoms with E-state index < -0.39 is 10.0 Å². The first-order valence-corrected chi connectivity index (χ1v) is 7.77. The normalized spacial score (nSPS) is 11.7. The van der Waals surface area contributed by atoms with Gasteiger partial charge in [0.2, 0.25) is 0 Å². The number of nitrogens with one attached hydrogen (secondary N) is 1. The number of rotatable bonds is 3. The van der Waals surface area contributed by atoms with Gasteiger partial charge in [-0.1, -0.05) is 12.1 Å². The Bertz CT molecular complexity index is 916. The van der Waals surface area contributed by atoms with Crippen LogP contribution in [0.15, 0.2) is 45.9 Å². The predicted octanol–water partition coefficient (Wildman–Crippen LogP) is 2.64. The number of hydrogen-bond donors (Lipinski definition) is 1. The Kier molecular flexibility index (Phi) is 3.13. The van der Waals surface area contributed by atoms with E-state index in [1.165, 1.54) is 6.07 Å².